The maximum absolute atomic E-state index is 11.0. The van der Waals surface area contributed by atoms with Crippen molar-refractivity contribution >= 4 is 23.4 Å². The molecule has 0 unspecified atom stereocenters. The molecule has 0 aliphatic carbocycles. The Morgan fingerprint density at radius 3 is 3.06 bits per heavy atom. The number of anilines is 1. The predicted molar refractivity (Wildman–Crippen MR) is 72.1 cm³/mol. The van der Waals surface area contributed by atoms with Gasteiger partial charge in [-0.05, 0) is 24.0 Å². The number of hydrogen-bond acceptors (Lipinski definition) is 4. The largest absolute Gasteiger partial charge is 0.326 e. The lowest BCUT2D eigenvalue weighted by Gasteiger charge is -2.08. The summed E-state index contributed by atoms with van der Waals surface area (Å²) in [5.41, 5.74) is 1.70. The first-order valence-electron chi connectivity index (χ1n) is 5.61. The molecule has 0 aliphatic rings. The summed E-state index contributed by atoms with van der Waals surface area (Å²) in [5, 5.41) is 11.6. The van der Waals surface area contributed by atoms with E-state index < -0.39 is 0 Å². The number of nitrogens with one attached hydrogen (secondary N) is 1. The van der Waals surface area contributed by atoms with Crippen LogP contribution in [0.5, 0.6) is 0 Å². The quantitative estimate of drug-likeness (QED) is 0.859. The van der Waals surface area contributed by atoms with Crippen molar-refractivity contribution < 1.29 is 4.79 Å². The minimum atomic E-state index is -0.0842. The number of thioether (sulfide) groups is 1. The zero-order valence-electron chi connectivity index (χ0n) is 10.3. The molecule has 0 spiro atoms. The highest BCUT2D eigenvalue weighted by atomic mass is 32.2. The van der Waals surface area contributed by atoms with Gasteiger partial charge in [-0.15, -0.1) is 10.2 Å². The fourth-order valence-corrected chi connectivity index (χ4v) is 2.22. The van der Waals surface area contributed by atoms with Gasteiger partial charge in [-0.3, -0.25) is 9.36 Å². The fourth-order valence-electron chi connectivity index (χ4n) is 1.57. The number of nitrogens with zero attached hydrogens (tertiary/aromatic N) is 3. The molecule has 18 heavy (non-hydrogen) atoms. The Morgan fingerprint density at radius 2 is 2.33 bits per heavy atom. The minimum Gasteiger partial charge on any atom is -0.326 e. The molecule has 6 heteroatoms. The second-order valence-corrected chi connectivity index (χ2v) is 4.88. The summed E-state index contributed by atoms with van der Waals surface area (Å²) < 4.78 is 1.90. The molecule has 0 saturated carbocycles. The van der Waals surface area contributed by atoms with E-state index in [1.165, 1.54) is 6.92 Å². The molecule has 1 aromatic carbocycles. The second-order valence-electron chi connectivity index (χ2n) is 3.65. The third-order valence-electron chi connectivity index (χ3n) is 2.23. The minimum absolute atomic E-state index is 0.0842. The monoisotopic (exact) mass is 262 g/mol. The predicted octanol–water partition coefficient (Wildman–Crippen LogP) is 2.34. The Morgan fingerprint density at radius 1 is 1.50 bits per heavy atom. The standard InChI is InChI=1S/C12H14N4OS/c1-3-18-12-15-13-8-16(12)11-6-4-5-10(7-11)14-9(2)17/h4-8H,3H2,1-2H3,(H,14,17). The molecule has 2 rings (SSSR count). The van der Waals surface area contributed by atoms with Gasteiger partial charge >= 0.3 is 0 Å². The molecule has 1 aromatic heterocycles. The highest BCUT2D eigenvalue weighted by molar-refractivity contribution is 7.99. The molecule has 0 saturated heterocycles. The van der Waals surface area contributed by atoms with Crippen molar-refractivity contribution in [1.29, 1.82) is 0 Å². The Balaban J connectivity index is 2.32. The van der Waals surface area contributed by atoms with Crippen LogP contribution < -0.4 is 5.32 Å². The number of rotatable bonds is 4. The van der Waals surface area contributed by atoms with Crippen molar-refractivity contribution in [2.75, 3.05) is 11.1 Å². The Kier molecular flexibility index (Phi) is 3.99. The second kappa shape index (κ2) is 5.68. The van der Waals surface area contributed by atoms with E-state index in [4.69, 9.17) is 0 Å². The van der Waals surface area contributed by atoms with E-state index in [-0.39, 0.29) is 5.91 Å². The Bertz CT molecular complexity index is 553. The molecule has 5 nitrogen and oxygen atoms in total. The molecular weight excluding hydrogens is 248 g/mol. The number of carbonyl (C=O) groups is 1. The van der Waals surface area contributed by atoms with Crippen LogP contribution >= 0.6 is 11.8 Å². The number of amides is 1. The van der Waals surface area contributed by atoms with Gasteiger partial charge in [-0.25, -0.2) is 0 Å². The van der Waals surface area contributed by atoms with E-state index in [1.54, 1.807) is 18.1 Å². The zero-order chi connectivity index (χ0) is 13.0. The molecule has 0 fully saturated rings. The average molecular weight is 262 g/mol. The lowest BCUT2D eigenvalue weighted by Crippen LogP contribution is -2.06. The van der Waals surface area contributed by atoms with Crippen LogP contribution in [0.4, 0.5) is 5.69 Å². The molecule has 0 atom stereocenters. The number of hydrogen-bond donors (Lipinski definition) is 1. The molecule has 0 aliphatic heterocycles. The van der Waals surface area contributed by atoms with Gasteiger partial charge in [0.1, 0.15) is 6.33 Å². The van der Waals surface area contributed by atoms with Gasteiger partial charge in [0.15, 0.2) is 5.16 Å². The van der Waals surface area contributed by atoms with Crippen LogP contribution in [-0.2, 0) is 4.79 Å². The summed E-state index contributed by atoms with van der Waals surface area (Å²) in [4.78, 5) is 11.0. The van der Waals surface area contributed by atoms with E-state index in [1.807, 2.05) is 28.8 Å². The van der Waals surface area contributed by atoms with Gasteiger partial charge < -0.3 is 5.32 Å². The zero-order valence-corrected chi connectivity index (χ0v) is 11.1. The lowest BCUT2D eigenvalue weighted by molar-refractivity contribution is -0.114. The fraction of sp³-hybridized carbons (Fsp3) is 0.250. The molecule has 2 aromatic rings. The van der Waals surface area contributed by atoms with Gasteiger partial charge in [0.25, 0.3) is 0 Å². The van der Waals surface area contributed by atoms with Crippen molar-refractivity contribution in [3.8, 4) is 5.69 Å². The molecular formula is C12H14N4OS. The van der Waals surface area contributed by atoms with Crippen molar-refractivity contribution in [1.82, 2.24) is 14.8 Å². The highest BCUT2D eigenvalue weighted by Crippen LogP contribution is 2.21. The SMILES string of the molecule is CCSc1nncn1-c1cccc(NC(C)=O)c1. The molecule has 0 radical (unpaired) electrons. The van der Waals surface area contributed by atoms with Crippen LogP contribution in [0.1, 0.15) is 13.8 Å². The number of aromatic nitrogens is 3. The third-order valence-corrected chi connectivity index (χ3v) is 3.06. The highest BCUT2D eigenvalue weighted by Gasteiger charge is 2.06. The number of benzene rings is 1. The van der Waals surface area contributed by atoms with Crippen molar-refractivity contribution in [2.45, 2.75) is 19.0 Å². The topological polar surface area (TPSA) is 59.8 Å². The first-order valence-corrected chi connectivity index (χ1v) is 6.60. The Labute approximate surface area is 110 Å². The normalized spacial score (nSPS) is 10.3. The smallest absolute Gasteiger partial charge is 0.221 e. The Hall–Kier alpha value is -1.82. The van der Waals surface area contributed by atoms with Crippen LogP contribution in [0.25, 0.3) is 5.69 Å². The summed E-state index contributed by atoms with van der Waals surface area (Å²) in [7, 11) is 0. The van der Waals surface area contributed by atoms with E-state index >= 15 is 0 Å². The van der Waals surface area contributed by atoms with Gasteiger partial charge in [0, 0.05) is 12.6 Å². The van der Waals surface area contributed by atoms with Crippen LogP contribution in [0, 0.1) is 0 Å². The molecule has 1 amide bonds. The number of carbonyl (C=O) groups excluding carboxylic acids is 1. The molecule has 0 bridgehead atoms. The summed E-state index contributed by atoms with van der Waals surface area (Å²) in [5.74, 6) is 0.850. The van der Waals surface area contributed by atoms with Crippen LogP contribution in [0.3, 0.4) is 0 Å². The van der Waals surface area contributed by atoms with E-state index in [0.717, 1.165) is 22.3 Å². The summed E-state index contributed by atoms with van der Waals surface area (Å²) in [6.07, 6.45) is 1.67. The first kappa shape index (κ1) is 12.6. The van der Waals surface area contributed by atoms with Crippen LogP contribution in [0.2, 0.25) is 0 Å². The van der Waals surface area contributed by atoms with E-state index in [9.17, 15) is 4.79 Å². The van der Waals surface area contributed by atoms with Gasteiger partial charge in [-0.2, -0.15) is 0 Å². The summed E-state index contributed by atoms with van der Waals surface area (Å²) >= 11 is 1.63. The molecule has 1 N–H and O–H groups in total. The van der Waals surface area contributed by atoms with Crippen LogP contribution in [-0.4, -0.2) is 26.4 Å². The first-order chi connectivity index (χ1) is 8.70. The molecule has 1 heterocycles. The van der Waals surface area contributed by atoms with Crippen molar-refractivity contribution in [3.63, 3.8) is 0 Å². The maximum Gasteiger partial charge on any atom is 0.221 e. The average Bonchev–Trinajstić information content (AvgIpc) is 2.77. The summed E-state index contributed by atoms with van der Waals surface area (Å²) in [6, 6.07) is 7.59. The maximum atomic E-state index is 11.0. The van der Waals surface area contributed by atoms with Gasteiger partial charge in [0.2, 0.25) is 5.91 Å². The van der Waals surface area contributed by atoms with Crippen molar-refractivity contribution in [3.05, 3.63) is 30.6 Å². The molecule has 94 valence electrons. The lowest BCUT2D eigenvalue weighted by atomic mass is 10.2. The van der Waals surface area contributed by atoms with Gasteiger partial charge in [0.05, 0.1) is 5.69 Å². The van der Waals surface area contributed by atoms with Crippen LogP contribution in [0.15, 0.2) is 35.7 Å². The van der Waals surface area contributed by atoms with Crippen molar-refractivity contribution in [2.24, 2.45) is 0 Å². The van der Waals surface area contributed by atoms with E-state index in [2.05, 4.69) is 22.4 Å². The van der Waals surface area contributed by atoms with E-state index in [0.29, 0.717) is 0 Å². The van der Waals surface area contributed by atoms with Gasteiger partial charge in [-0.1, -0.05) is 24.8 Å². The summed E-state index contributed by atoms with van der Waals surface area (Å²) in [6.45, 7) is 3.56. The third kappa shape index (κ3) is 2.89.